The number of aromatic hydroxyl groups is 1. The molecule has 132 heavy (non-hydrogen) atoms. The summed E-state index contributed by atoms with van der Waals surface area (Å²) in [7, 11) is 3.62. The first kappa shape index (κ1) is 104. The Hall–Kier alpha value is -13.0. The number of aliphatic hydroxyl groups excluding tert-OH is 2. The number of primary amides is 1. The SMILES string of the molecule is CCCC[C@H]1C(=O)N(C[C@@H](C)O)CC(=O)N[C@@H](CC(=O)O)C(=O)N[C@@H](C(C)C)C(=O)N(C)[C@@H](Cc2ccccc2)C(=O)N[C@@H](CCCN)C(=O)N2CCC[C@@H]2C(=O)N[C@@H](Cc2c[nH]c3ccccc23)C(=O)N[C@@H](Cc2ccc(O)cc2)C(=O)N[C@@H](CCO)C(=O)N[C@H](C(=O)NCC(N)=O)CSCC(=O)N[C@@H](Cc2cc(F)c(F)c(F)c2)C(=O)N(C)[C@@H](Cc2ccccc2)C(=O)N1C. The second-order valence-corrected chi connectivity index (χ2v) is 34.2. The highest BCUT2D eigenvalue weighted by Crippen LogP contribution is 2.27. The minimum Gasteiger partial charge on any atom is -0.508 e. The summed E-state index contributed by atoms with van der Waals surface area (Å²) in [4.78, 5) is 244. The number of aliphatic hydroxyl groups is 2. The zero-order chi connectivity index (χ0) is 96.7. The first-order chi connectivity index (χ1) is 62.8. The molecule has 0 aliphatic carbocycles. The van der Waals surface area contributed by atoms with Crippen molar-refractivity contribution in [1.29, 1.82) is 0 Å². The van der Waals surface area contributed by atoms with Gasteiger partial charge in [0.1, 0.15) is 78.3 Å². The van der Waals surface area contributed by atoms with Gasteiger partial charge in [0.25, 0.3) is 0 Å². The first-order valence-electron chi connectivity index (χ1n) is 43.5. The molecule has 41 heteroatoms. The molecule has 18 N–H and O–H groups in total. The third kappa shape index (κ3) is 30.0. The van der Waals surface area contributed by atoms with Gasteiger partial charge >= 0.3 is 5.97 Å². The predicted molar refractivity (Wildman–Crippen MR) is 478 cm³/mol. The molecule has 15 amide bonds. The Balaban J connectivity index is 1.23. The van der Waals surface area contributed by atoms with Crippen molar-refractivity contribution < 1.29 is 110 Å². The summed E-state index contributed by atoms with van der Waals surface area (Å²) in [6, 6.07) is 9.99. The van der Waals surface area contributed by atoms with Crippen molar-refractivity contribution >= 4 is 117 Å². The fourth-order valence-electron chi connectivity index (χ4n) is 15.6. The number of carbonyl (C=O) groups is 16. The lowest BCUT2D eigenvalue weighted by Crippen LogP contribution is -2.61. The molecule has 2 aliphatic heterocycles. The van der Waals surface area contributed by atoms with Gasteiger partial charge in [-0.15, -0.1) is 11.8 Å². The van der Waals surface area contributed by atoms with Crippen LogP contribution in [0.4, 0.5) is 13.2 Å². The summed E-state index contributed by atoms with van der Waals surface area (Å²) in [5.41, 5.74) is 13.4. The van der Waals surface area contributed by atoms with E-state index in [2.05, 4.69) is 52.8 Å². The Labute approximate surface area is 765 Å². The number of hydrogen-bond acceptors (Lipinski definition) is 21. The smallest absolute Gasteiger partial charge is 0.305 e. The maximum absolute atomic E-state index is 15.6. The number of unbranched alkanes of at least 4 members (excludes halogenated alkanes) is 1. The molecule has 1 aromatic heterocycles. The number of hydrogen-bond donors (Lipinski definition) is 16. The molecular weight excluding hydrogens is 1740 g/mol. The third-order valence-electron chi connectivity index (χ3n) is 22.7. The molecule has 0 unspecified atom stereocenters. The van der Waals surface area contributed by atoms with Crippen LogP contribution in [-0.4, -0.2) is 295 Å². The van der Waals surface area contributed by atoms with Crippen LogP contribution in [0.2, 0.25) is 0 Å². The molecule has 0 spiro atoms. The number of para-hydroxylation sites is 1. The summed E-state index contributed by atoms with van der Waals surface area (Å²) in [6.07, 6.45) is -2.89. The van der Waals surface area contributed by atoms with Crippen LogP contribution in [0.15, 0.2) is 128 Å². The van der Waals surface area contributed by atoms with Crippen LogP contribution in [0.25, 0.3) is 10.9 Å². The molecular formula is C91H118F3N17O20S. The average Bonchev–Trinajstić information content (AvgIpc) is 1.80. The van der Waals surface area contributed by atoms with Gasteiger partial charge in [0.15, 0.2) is 17.5 Å². The normalized spacial score (nSPS) is 22.9. The van der Waals surface area contributed by atoms with E-state index in [0.717, 1.165) is 26.6 Å². The number of likely N-dealkylation sites (N-methyl/N-ethyl adjacent to an activating group) is 3. The van der Waals surface area contributed by atoms with Gasteiger partial charge in [-0.3, -0.25) is 76.7 Å². The number of nitrogens with two attached hydrogens (primary N) is 2. The van der Waals surface area contributed by atoms with Crippen LogP contribution in [0.3, 0.4) is 0 Å². The van der Waals surface area contributed by atoms with Crippen LogP contribution in [0.1, 0.15) is 113 Å². The summed E-state index contributed by atoms with van der Waals surface area (Å²) in [5, 5.41) is 65.8. The molecule has 2 aliphatic rings. The lowest BCUT2D eigenvalue weighted by molar-refractivity contribution is -0.152. The molecule has 3 heterocycles. The number of aromatic amines is 1. The molecule has 8 rings (SSSR count). The van der Waals surface area contributed by atoms with Gasteiger partial charge < -0.3 is 109 Å². The minimum atomic E-state index is -2.01. The maximum Gasteiger partial charge on any atom is 0.305 e. The van der Waals surface area contributed by atoms with Crippen LogP contribution in [0.5, 0.6) is 5.75 Å². The van der Waals surface area contributed by atoms with Gasteiger partial charge in [-0.1, -0.05) is 125 Å². The number of nitrogens with one attached hydrogen (secondary N) is 10. The number of nitrogens with zero attached hydrogens (tertiary/aromatic N) is 5. The van der Waals surface area contributed by atoms with E-state index in [1.807, 2.05) is 0 Å². The summed E-state index contributed by atoms with van der Waals surface area (Å²) < 4.78 is 45.0. The van der Waals surface area contributed by atoms with E-state index in [-0.39, 0.29) is 76.6 Å². The Morgan fingerprint density at radius 1 is 0.561 bits per heavy atom. The fourth-order valence-corrected chi connectivity index (χ4v) is 16.5. The highest BCUT2D eigenvalue weighted by atomic mass is 32.2. The van der Waals surface area contributed by atoms with Crippen molar-refractivity contribution in [1.82, 2.24) is 77.3 Å². The van der Waals surface area contributed by atoms with Gasteiger partial charge in [-0.2, -0.15) is 0 Å². The summed E-state index contributed by atoms with van der Waals surface area (Å²) >= 11 is 0.614. The van der Waals surface area contributed by atoms with E-state index in [9.17, 15) is 58.4 Å². The van der Waals surface area contributed by atoms with Crippen molar-refractivity contribution in [2.45, 2.75) is 196 Å². The van der Waals surface area contributed by atoms with Crippen LogP contribution in [0, 0.1) is 23.4 Å². The van der Waals surface area contributed by atoms with Crippen molar-refractivity contribution in [2.75, 3.05) is 72.0 Å². The number of amides is 15. The topological polar surface area (TPSA) is 546 Å². The number of carboxylic acid groups (broad SMARTS) is 1. The molecule has 714 valence electrons. The Morgan fingerprint density at radius 2 is 1.11 bits per heavy atom. The lowest BCUT2D eigenvalue weighted by atomic mass is 9.98. The van der Waals surface area contributed by atoms with Gasteiger partial charge in [-0.05, 0) is 116 Å². The van der Waals surface area contributed by atoms with Gasteiger partial charge in [0.05, 0.1) is 31.4 Å². The molecule has 0 saturated carbocycles. The third-order valence-corrected chi connectivity index (χ3v) is 23.8. The predicted octanol–water partition coefficient (Wildman–Crippen LogP) is 0.154. The zero-order valence-corrected chi connectivity index (χ0v) is 75.3. The van der Waals surface area contributed by atoms with Crippen LogP contribution < -0.4 is 59.3 Å². The average molecular weight is 1860 g/mol. The van der Waals surface area contributed by atoms with Crippen LogP contribution >= 0.6 is 11.8 Å². The lowest BCUT2D eigenvalue weighted by Gasteiger charge is -2.37. The summed E-state index contributed by atoms with van der Waals surface area (Å²) in [6.45, 7) is 2.76. The molecule has 5 aromatic carbocycles. The second-order valence-electron chi connectivity index (χ2n) is 33.2. The highest BCUT2D eigenvalue weighted by Gasteiger charge is 2.45. The number of rotatable bonds is 26. The van der Waals surface area contributed by atoms with Gasteiger partial charge in [0.2, 0.25) is 88.6 Å². The van der Waals surface area contributed by atoms with E-state index < -0.39 is 266 Å². The molecule has 37 nitrogen and oxygen atoms in total. The zero-order valence-electron chi connectivity index (χ0n) is 74.5. The molecule has 0 radical (unpaired) electrons. The van der Waals surface area contributed by atoms with Crippen molar-refractivity contribution in [3.63, 3.8) is 0 Å². The number of carbonyl (C=O) groups excluding carboxylic acids is 15. The number of thioether (sulfide) groups is 1. The number of phenols is 1. The molecule has 13 atom stereocenters. The number of benzene rings is 5. The number of β-amino-alcohol motifs (C(OH)–C–C–N with tert-alkyl or cyclic N) is 1. The van der Waals surface area contributed by atoms with E-state index >= 15 is 51.9 Å². The summed E-state index contributed by atoms with van der Waals surface area (Å²) in [5.74, 6) is -24.7. The maximum atomic E-state index is 15.6. The van der Waals surface area contributed by atoms with Crippen LogP contribution in [-0.2, 0) is 109 Å². The Kier molecular flexibility index (Phi) is 39.8. The molecule has 0 bridgehead atoms. The molecule has 2 fully saturated rings. The number of fused-ring (bicyclic) bond motifs is 2. The van der Waals surface area contributed by atoms with Crippen molar-refractivity contribution in [3.8, 4) is 5.75 Å². The Bertz CT molecular complexity index is 5040. The number of H-pyrrole nitrogens is 1. The molecule has 2 saturated heterocycles. The first-order valence-corrected chi connectivity index (χ1v) is 44.7. The highest BCUT2D eigenvalue weighted by molar-refractivity contribution is 8.00. The number of carboxylic acids is 1. The van der Waals surface area contributed by atoms with E-state index in [1.165, 1.54) is 64.0 Å². The Morgan fingerprint density at radius 3 is 1.72 bits per heavy atom. The number of halogens is 3. The number of aliphatic carboxylic acids is 1. The second kappa shape index (κ2) is 50.4. The standard InChI is InChI=1S/C91H118F3N17O20S/c1-8-9-27-71-90(130)110(47-52(4)113)48-75(116)99-67(44-77(118)119)84(124)106-79(51(2)3)91(131)108(6)72(41-53-20-12-10-13-21-53)86(126)102-64(26-18-34-95)88(128)111-35-19-28-70(111)85(125)104-66(43-57-45-97-62-25-17-16-24-59(57)62)83(123)103-65(39-55-29-31-58(114)32-30-55)82(122)101-63(33-36-112)81(121)105-69(80(120)98-46-74(96)115)49-132-50-76(117)100-68(40-56-37-60(92)78(94)61(93)38-56)87(127)109(7)73(89(129)107(71)5)42-54-22-14-11-15-23-54/h10-17,20-25,29-32,37-38,45,51-52,63-73,79,97,112-114H,8-9,18-19,26-28,33-36,39-44,46-50,95H2,1-7H3,(H2,96,115)(H,98,120)(H,99,116)(H,100,117)(H,101,122)(H,102,126)(H,103,123)(H,104,125)(H,105,121)(H,106,124)(H,118,119)/t52-,63+,64+,65+,66+,67+,68+,69+,70-,71+,72+,73+,79+/m1/s1. The van der Waals surface area contributed by atoms with E-state index in [4.69, 9.17) is 11.5 Å². The minimum absolute atomic E-state index is 0.00215. The number of aromatic nitrogens is 1. The molecule has 6 aromatic rings. The van der Waals surface area contributed by atoms with E-state index in [0.29, 0.717) is 63.5 Å². The number of phenolic OH excluding ortho intramolecular Hbond substituents is 1. The van der Waals surface area contributed by atoms with Gasteiger partial charge in [-0.25, -0.2) is 13.2 Å². The van der Waals surface area contributed by atoms with Crippen molar-refractivity contribution in [3.05, 3.63) is 173 Å². The van der Waals surface area contributed by atoms with Gasteiger partial charge in [0, 0.05) is 95.8 Å². The fraction of sp³-hybridized carbons (Fsp3) is 0.473. The quantitative estimate of drug-likeness (QED) is 0.0322. The monoisotopic (exact) mass is 1860 g/mol. The van der Waals surface area contributed by atoms with E-state index in [1.54, 1.807) is 98.0 Å². The van der Waals surface area contributed by atoms with Crippen molar-refractivity contribution in [2.24, 2.45) is 17.4 Å². The largest absolute Gasteiger partial charge is 0.508 e.